The lowest BCUT2D eigenvalue weighted by molar-refractivity contribution is -0.150. The Morgan fingerprint density at radius 3 is 2.45 bits per heavy atom. The molecule has 2 aliphatic rings. The number of aromatic nitrogens is 2. The summed E-state index contributed by atoms with van der Waals surface area (Å²) < 4.78 is 39.8. The van der Waals surface area contributed by atoms with Crippen molar-refractivity contribution in [3.8, 4) is 0 Å². The molecule has 2 aromatic heterocycles. The first-order chi connectivity index (χ1) is 15.6. The number of thiophene rings is 1. The van der Waals surface area contributed by atoms with Crippen molar-refractivity contribution in [3.05, 3.63) is 16.6 Å². The van der Waals surface area contributed by atoms with Crippen molar-refractivity contribution in [2.24, 2.45) is 5.92 Å². The van der Waals surface area contributed by atoms with Crippen molar-refractivity contribution in [1.82, 2.24) is 24.9 Å². The molecular formula is C23H34F3N5OS. The minimum atomic E-state index is -4.13. The van der Waals surface area contributed by atoms with Crippen molar-refractivity contribution in [2.75, 3.05) is 32.7 Å². The molecule has 6 nitrogen and oxygen atoms in total. The number of aryl methyl sites for hydroxylation is 1. The average molecular weight is 486 g/mol. The highest BCUT2D eigenvalue weighted by Gasteiger charge is 2.34. The van der Waals surface area contributed by atoms with Crippen molar-refractivity contribution < 1.29 is 18.0 Å². The molecule has 1 aliphatic heterocycles. The van der Waals surface area contributed by atoms with Gasteiger partial charge in [0.25, 0.3) is 5.91 Å². The highest BCUT2D eigenvalue weighted by molar-refractivity contribution is 7.20. The van der Waals surface area contributed by atoms with Crippen LogP contribution in [0.5, 0.6) is 0 Å². The van der Waals surface area contributed by atoms with E-state index in [0.717, 1.165) is 53.0 Å². The van der Waals surface area contributed by atoms with Crippen LogP contribution in [0.15, 0.2) is 6.07 Å². The van der Waals surface area contributed by atoms with Crippen LogP contribution in [0.4, 0.5) is 13.2 Å². The Balaban J connectivity index is 1.27. The normalized spacial score (nSPS) is 23.5. The number of carbonyl (C=O) groups is 1. The SMILES string of the molecule is Cc1nn(CC(C)C)c2sc(C(=O)NC3CCC(N4CCN(CC(F)(F)F)CC4)CC3)cc12. The molecule has 1 saturated heterocycles. The molecule has 0 aromatic carbocycles. The molecule has 1 amide bonds. The number of amides is 1. The number of nitrogens with zero attached hydrogens (tertiary/aromatic N) is 4. The van der Waals surface area contributed by atoms with Crippen molar-refractivity contribution in [2.45, 2.75) is 71.3 Å². The topological polar surface area (TPSA) is 53.4 Å². The molecule has 1 saturated carbocycles. The van der Waals surface area contributed by atoms with E-state index in [9.17, 15) is 18.0 Å². The third-order valence-corrected chi connectivity index (χ3v) is 7.87. The van der Waals surface area contributed by atoms with Crippen LogP contribution in [0.2, 0.25) is 0 Å². The third kappa shape index (κ3) is 6.08. The molecular weight excluding hydrogens is 451 g/mol. The number of carbonyl (C=O) groups excluding carboxylic acids is 1. The fraction of sp³-hybridized carbons (Fsp3) is 0.739. The highest BCUT2D eigenvalue weighted by atomic mass is 32.1. The summed E-state index contributed by atoms with van der Waals surface area (Å²) in [7, 11) is 0. The number of alkyl halides is 3. The Bertz CT molecular complexity index is 953. The number of rotatable bonds is 6. The molecule has 0 spiro atoms. The fourth-order valence-electron chi connectivity index (χ4n) is 5.08. The van der Waals surface area contributed by atoms with Crippen LogP contribution in [0.25, 0.3) is 10.2 Å². The van der Waals surface area contributed by atoms with E-state index in [2.05, 4.69) is 29.2 Å². The molecule has 0 unspecified atom stereocenters. The van der Waals surface area contributed by atoms with E-state index in [1.165, 1.54) is 16.2 Å². The van der Waals surface area contributed by atoms with Gasteiger partial charge in [-0.25, -0.2) is 0 Å². The summed E-state index contributed by atoms with van der Waals surface area (Å²) in [6.45, 7) is 8.63. The van der Waals surface area contributed by atoms with Gasteiger partial charge in [-0.15, -0.1) is 11.3 Å². The Hall–Kier alpha value is -1.65. The number of hydrogen-bond acceptors (Lipinski definition) is 5. The monoisotopic (exact) mass is 485 g/mol. The number of hydrogen-bond donors (Lipinski definition) is 1. The van der Waals surface area contributed by atoms with E-state index in [4.69, 9.17) is 0 Å². The summed E-state index contributed by atoms with van der Waals surface area (Å²) in [6, 6.07) is 2.51. The summed E-state index contributed by atoms with van der Waals surface area (Å²) in [5.41, 5.74) is 0.955. The number of halogens is 3. The first-order valence-electron chi connectivity index (χ1n) is 11.9. The van der Waals surface area contributed by atoms with Crippen molar-refractivity contribution >= 4 is 27.5 Å². The molecule has 184 valence electrons. The molecule has 0 radical (unpaired) electrons. The molecule has 33 heavy (non-hydrogen) atoms. The average Bonchev–Trinajstić information content (AvgIpc) is 3.29. The Labute approximate surface area is 197 Å². The van der Waals surface area contributed by atoms with E-state index in [-0.39, 0.29) is 11.9 Å². The minimum absolute atomic E-state index is 0.0177. The minimum Gasteiger partial charge on any atom is -0.349 e. The molecule has 0 bridgehead atoms. The molecule has 2 fully saturated rings. The molecule has 4 rings (SSSR count). The van der Waals surface area contributed by atoms with Crippen LogP contribution in [0.1, 0.15) is 54.9 Å². The zero-order valence-corrected chi connectivity index (χ0v) is 20.4. The van der Waals surface area contributed by atoms with Gasteiger partial charge in [-0.05, 0) is 44.6 Å². The molecule has 10 heteroatoms. The summed E-state index contributed by atoms with van der Waals surface area (Å²) in [5, 5.41) is 8.88. The number of nitrogens with one attached hydrogen (secondary N) is 1. The van der Waals surface area contributed by atoms with Gasteiger partial charge in [0.15, 0.2) is 0 Å². The van der Waals surface area contributed by atoms with E-state index in [1.807, 2.05) is 17.7 Å². The first kappa shape index (κ1) is 24.5. The van der Waals surface area contributed by atoms with Crippen molar-refractivity contribution in [3.63, 3.8) is 0 Å². The third-order valence-electron chi connectivity index (χ3n) is 6.73. The second-order valence-electron chi connectivity index (χ2n) is 9.90. The quantitative estimate of drug-likeness (QED) is 0.664. The smallest absolute Gasteiger partial charge is 0.349 e. The number of fused-ring (bicyclic) bond motifs is 1. The van der Waals surface area contributed by atoms with Crippen LogP contribution >= 0.6 is 11.3 Å². The molecule has 1 aliphatic carbocycles. The largest absolute Gasteiger partial charge is 0.401 e. The van der Waals surface area contributed by atoms with Gasteiger partial charge >= 0.3 is 6.18 Å². The lowest BCUT2D eigenvalue weighted by Gasteiger charge is -2.42. The van der Waals surface area contributed by atoms with Crippen molar-refractivity contribution in [1.29, 1.82) is 0 Å². The zero-order valence-electron chi connectivity index (χ0n) is 19.6. The van der Waals surface area contributed by atoms with Gasteiger partial charge in [0.1, 0.15) is 4.83 Å². The Kier molecular flexibility index (Phi) is 7.35. The Morgan fingerprint density at radius 1 is 1.18 bits per heavy atom. The van der Waals surface area contributed by atoms with Gasteiger partial charge in [-0.1, -0.05) is 13.8 Å². The van der Waals surface area contributed by atoms with Gasteiger partial charge in [-0.3, -0.25) is 19.3 Å². The van der Waals surface area contributed by atoms with Crippen LogP contribution in [0.3, 0.4) is 0 Å². The summed E-state index contributed by atoms with van der Waals surface area (Å²) in [6.07, 6.45) is -0.369. The van der Waals surface area contributed by atoms with Crippen LogP contribution < -0.4 is 5.32 Å². The van der Waals surface area contributed by atoms with Crippen LogP contribution in [0, 0.1) is 12.8 Å². The van der Waals surface area contributed by atoms with E-state index < -0.39 is 12.7 Å². The van der Waals surface area contributed by atoms with Crippen LogP contribution in [-0.2, 0) is 6.54 Å². The lowest BCUT2D eigenvalue weighted by Crippen LogP contribution is -2.53. The van der Waals surface area contributed by atoms with Gasteiger partial charge in [0.05, 0.1) is 17.1 Å². The number of piperazine rings is 1. The summed E-state index contributed by atoms with van der Waals surface area (Å²) in [4.78, 5) is 18.5. The summed E-state index contributed by atoms with van der Waals surface area (Å²) >= 11 is 1.51. The van der Waals surface area contributed by atoms with Crippen LogP contribution in [-0.4, -0.2) is 76.5 Å². The van der Waals surface area contributed by atoms with Gasteiger partial charge in [0, 0.05) is 50.2 Å². The highest BCUT2D eigenvalue weighted by Crippen LogP contribution is 2.30. The van der Waals surface area contributed by atoms with Gasteiger partial charge in [0.2, 0.25) is 0 Å². The van der Waals surface area contributed by atoms with E-state index in [0.29, 0.717) is 38.1 Å². The second kappa shape index (κ2) is 9.92. The predicted octanol–water partition coefficient (Wildman–Crippen LogP) is 4.28. The molecule has 1 N–H and O–H groups in total. The first-order valence-corrected chi connectivity index (χ1v) is 12.7. The lowest BCUT2D eigenvalue weighted by atomic mass is 9.89. The molecule has 0 atom stereocenters. The Morgan fingerprint density at radius 2 is 1.85 bits per heavy atom. The van der Waals surface area contributed by atoms with E-state index in [1.54, 1.807) is 0 Å². The van der Waals surface area contributed by atoms with Gasteiger partial charge < -0.3 is 5.32 Å². The molecule has 2 aromatic rings. The second-order valence-corrected chi connectivity index (χ2v) is 10.9. The maximum absolute atomic E-state index is 12.9. The van der Waals surface area contributed by atoms with Gasteiger partial charge in [-0.2, -0.15) is 18.3 Å². The predicted molar refractivity (Wildman–Crippen MR) is 125 cm³/mol. The maximum atomic E-state index is 12.9. The fourth-order valence-corrected chi connectivity index (χ4v) is 6.15. The standard InChI is InChI=1S/C23H34F3N5OS/c1-15(2)13-31-22-19(16(3)28-31)12-20(33-22)21(32)27-17-4-6-18(7-5-17)30-10-8-29(9-11-30)14-23(24,25)26/h12,15,17-18H,4-11,13-14H2,1-3H3,(H,27,32). The van der Waals surface area contributed by atoms with E-state index >= 15 is 0 Å². The zero-order chi connectivity index (χ0) is 23.8. The summed E-state index contributed by atoms with van der Waals surface area (Å²) in [5.74, 6) is 0.464. The maximum Gasteiger partial charge on any atom is 0.401 e. The molecule has 3 heterocycles.